The summed E-state index contributed by atoms with van der Waals surface area (Å²) in [7, 11) is 0. The molecule has 1 saturated carbocycles. The first-order valence-corrected chi connectivity index (χ1v) is 8.95. The van der Waals surface area contributed by atoms with Gasteiger partial charge in [-0.1, -0.05) is 52.7 Å². The Bertz CT molecular complexity index is 416. The molecule has 0 aromatic carbocycles. The molecule has 0 N–H and O–H groups in total. The van der Waals surface area contributed by atoms with Gasteiger partial charge in [0, 0.05) is 0 Å². The molecular weight excluding hydrogens is 240 g/mol. The summed E-state index contributed by atoms with van der Waals surface area (Å²) in [5, 5.41) is 0. The molecule has 0 spiro atoms. The van der Waals surface area contributed by atoms with Crippen molar-refractivity contribution in [3.8, 4) is 0 Å². The summed E-state index contributed by atoms with van der Waals surface area (Å²) in [6.07, 6.45) is 14.1. The zero-order valence-corrected chi connectivity index (χ0v) is 14.4. The van der Waals surface area contributed by atoms with Gasteiger partial charge in [-0.25, -0.2) is 0 Å². The molecule has 3 rings (SSSR count). The van der Waals surface area contributed by atoms with Crippen molar-refractivity contribution >= 4 is 0 Å². The second-order valence-corrected chi connectivity index (χ2v) is 9.50. The van der Waals surface area contributed by atoms with E-state index in [0.29, 0.717) is 16.2 Å². The Balaban J connectivity index is 2.13. The molecule has 0 heterocycles. The standard InChI is InChI=1S/C20H34/c1-15-7-6-10-19(4)12-9-17-13-16(15)8-11-20(19,5)14-18(17,2)3/h8,15,17H,6-7,9-14H2,1-5H3. The first-order valence-electron chi connectivity index (χ1n) is 8.95. The molecule has 20 heavy (non-hydrogen) atoms. The van der Waals surface area contributed by atoms with Crippen LogP contribution in [0.2, 0.25) is 0 Å². The first kappa shape index (κ1) is 14.7. The molecular formula is C20H34. The highest BCUT2D eigenvalue weighted by molar-refractivity contribution is 5.16. The number of rotatable bonds is 0. The quantitative estimate of drug-likeness (QED) is 0.450. The third-order valence-electron chi connectivity index (χ3n) is 7.75. The fourth-order valence-corrected chi connectivity index (χ4v) is 5.78. The van der Waals surface area contributed by atoms with Gasteiger partial charge < -0.3 is 0 Å². The molecule has 1 fully saturated rings. The normalized spacial score (nSPS) is 47.8. The van der Waals surface area contributed by atoms with E-state index in [1.54, 1.807) is 5.57 Å². The molecule has 0 nitrogen and oxygen atoms in total. The predicted molar refractivity (Wildman–Crippen MR) is 87.7 cm³/mol. The number of allylic oxidation sites excluding steroid dienone is 2. The van der Waals surface area contributed by atoms with Crippen molar-refractivity contribution in [1.29, 1.82) is 0 Å². The molecule has 4 unspecified atom stereocenters. The minimum Gasteiger partial charge on any atom is -0.0845 e. The van der Waals surface area contributed by atoms with Gasteiger partial charge in [-0.15, -0.1) is 0 Å². The van der Waals surface area contributed by atoms with Crippen LogP contribution in [0.4, 0.5) is 0 Å². The number of hydrogen-bond donors (Lipinski definition) is 0. The van der Waals surface area contributed by atoms with E-state index in [9.17, 15) is 0 Å². The van der Waals surface area contributed by atoms with Crippen molar-refractivity contribution in [3.63, 3.8) is 0 Å². The molecule has 0 aromatic heterocycles. The molecule has 3 bridgehead atoms. The molecule has 3 aliphatic rings. The van der Waals surface area contributed by atoms with Gasteiger partial charge in [0.05, 0.1) is 0 Å². The molecule has 0 aromatic rings. The molecule has 0 saturated heterocycles. The van der Waals surface area contributed by atoms with Crippen LogP contribution in [0.15, 0.2) is 11.6 Å². The lowest BCUT2D eigenvalue weighted by molar-refractivity contribution is 0.0220. The molecule has 0 heteroatoms. The van der Waals surface area contributed by atoms with Crippen LogP contribution in [-0.4, -0.2) is 0 Å². The van der Waals surface area contributed by atoms with Crippen LogP contribution in [0.5, 0.6) is 0 Å². The topological polar surface area (TPSA) is 0 Å². The monoisotopic (exact) mass is 274 g/mol. The smallest absolute Gasteiger partial charge is 0.0232 e. The summed E-state index contributed by atoms with van der Waals surface area (Å²) in [4.78, 5) is 0. The van der Waals surface area contributed by atoms with Crippen molar-refractivity contribution in [1.82, 2.24) is 0 Å². The van der Waals surface area contributed by atoms with Crippen molar-refractivity contribution in [2.45, 2.75) is 86.0 Å². The number of hydrogen-bond acceptors (Lipinski definition) is 0. The lowest BCUT2D eigenvalue weighted by Gasteiger charge is -2.49. The van der Waals surface area contributed by atoms with Crippen LogP contribution < -0.4 is 0 Å². The van der Waals surface area contributed by atoms with Gasteiger partial charge in [-0.05, 0) is 73.0 Å². The van der Waals surface area contributed by atoms with E-state index >= 15 is 0 Å². The van der Waals surface area contributed by atoms with E-state index in [1.807, 2.05) is 0 Å². The van der Waals surface area contributed by atoms with Gasteiger partial charge >= 0.3 is 0 Å². The second kappa shape index (κ2) is 4.62. The van der Waals surface area contributed by atoms with Crippen LogP contribution in [0.25, 0.3) is 0 Å². The van der Waals surface area contributed by atoms with Crippen molar-refractivity contribution < 1.29 is 0 Å². The van der Waals surface area contributed by atoms with E-state index in [2.05, 4.69) is 40.7 Å². The molecule has 0 radical (unpaired) electrons. The van der Waals surface area contributed by atoms with Crippen LogP contribution in [-0.2, 0) is 0 Å². The largest absolute Gasteiger partial charge is 0.0845 e. The second-order valence-electron chi connectivity index (χ2n) is 9.50. The van der Waals surface area contributed by atoms with E-state index < -0.39 is 0 Å². The fourth-order valence-electron chi connectivity index (χ4n) is 5.78. The van der Waals surface area contributed by atoms with Gasteiger partial charge in [-0.3, -0.25) is 0 Å². The lowest BCUT2D eigenvalue weighted by Crippen LogP contribution is -2.39. The van der Waals surface area contributed by atoms with E-state index in [-0.39, 0.29) is 0 Å². The summed E-state index contributed by atoms with van der Waals surface area (Å²) < 4.78 is 0. The Morgan fingerprint density at radius 2 is 1.75 bits per heavy atom. The Labute approximate surface area is 126 Å². The van der Waals surface area contributed by atoms with E-state index in [1.165, 1.54) is 51.4 Å². The Kier molecular flexibility index (Phi) is 3.39. The van der Waals surface area contributed by atoms with Crippen molar-refractivity contribution in [3.05, 3.63) is 11.6 Å². The number of fused-ring (bicyclic) bond motifs is 3. The summed E-state index contributed by atoms with van der Waals surface area (Å²) in [5.41, 5.74) is 3.41. The van der Waals surface area contributed by atoms with Gasteiger partial charge in [0.2, 0.25) is 0 Å². The predicted octanol–water partition coefficient (Wildman–Crippen LogP) is 6.37. The molecule has 3 aliphatic carbocycles. The lowest BCUT2D eigenvalue weighted by atomic mass is 9.56. The van der Waals surface area contributed by atoms with E-state index in [4.69, 9.17) is 0 Å². The van der Waals surface area contributed by atoms with Crippen molar-refractivity contribution in [2.24, 2.45) is 28.1 Å². The third kappa shape index (κ3) is 2.18. The zero-order valence-electron chi connectivity index (χ0n) is 14.4. The highest BCUT2D eigenvalue weighted by atomic mass is 14.6. The molecule has 114 valence electrons. The average Bonchev–Trinajstić information content (AvgIpc) is 2.38. The minimum absolute atomic E-state index is 0.515. The SMILES string of the molecule is CC1CCCC2(C)CCC3CC1=CCC2(C)CC3(C)C. The minimum atomic E-state index is 0.515. The fraction of sp³-hybridized carbons (Fsp3) is 0.900. The Morgan fingerprint density at radius 3 is 2.50 bits per heavy atom. The Morgan fingerprint density at radius 1 is 1.00 bits per heavy atom. The van der Waals surface area contributed by atoms with E-state index in [0.717, 1.165) is 11.8 Å². The summed E-state index contributed by atoms with van der Waals surface area (Å²) in [6.45, 7) is 12.9. The van der Waals surface area contributed by atoms with Crippen molar-refractivity contribution in [2.75, 3.05) is 0 Å². The Hall–Kier alpha value is -0.260. The van der Waals surface area contributed by atoms with Gasteiger partial charge in [0.15, 0.2) is 0 Å². The van der Waals surface area contributed by atoms with Crippen LogP contribution in [0.3, 0.4) is 0 Å². The van der Waals surface area contributed by atoms with Gasteiger partial charge in [0.25, 0.3) is 0 Å². The van der Waals surface area contributed by atoms with Crippen LogP contribution in [0, 0.1) is 28.1 Å². The highest BCUT2D eigenvalue weighted by Gasteiger charge is 2.52. The van der Waals surface area contributed by atoms with Gasteiger partial charge in [0.1, 0.15) is 0 Å². The molecule has 0 aliphatic heterocycles. The highest BCUT2D eigenvalue weighted by Crippen LogP contribution is 2.62. The summed E-state index contributed by atoms with van der Waals surface area (Å²) in [6, 6.07) is 0. The third-order valence-corrected chi connectivity index (χ3v) is 7.75. The first-order chi connectivity index (χ1) is 9.26. The zero-order chi connectivity index (χ0) is 14.6. The van der Waals surface area contributed by atoms with Crippen LogP contribution >= 0.6 is 0 Å². The summed E-state index contributed by atoms with van der Waals surface area (Å²) >= 11 is 0. The molecule has 0 amide bonds. The maximum Gasteiger partial charge on any atom is -0.0232 e. The molecule has 4 atom stereocenters. The average molecular weight is 274 g/mol. The maximum absolute atomic E-state index is 2.68. The summed E-state index contributed by atoms with van der Waals surface area (Å²) in [5.74, 6) is 1.74. The van der Waals surface area contributed by atoms with Gasteiger partial charge in [-0.2, -0.15) is 0 Å². The maximum atomic E-state index is 2.68. The van der Waals surface area contributed by atoms with Crippen LogP contribution in [0.1, 0.15) is 86.0 Å².